The SMILES string of the molecule is CNCCC1(C)C2CCC(C)C13CC(C=O)C(C(=O)O)=C3C2. The van der Waals surface area contributed by atoms with Crippen LogP contribution in [0.1, 0.15) is 46.0 Å². The Labute approximate surface area is 132 Å². The Morgan fingerprint density at radius 2 is 2.18 bits per heavy atom. The van der Waals surface area contributed by atoms with Crippen LogP contribution in [0.4, 0.5) is 0 Å². The zero-order chi connectivity index (χ0) is 16.1. The van der Waals surface area contributed by atoms with Crippen molar-refractivity contribution in [3.63, 3.8) is 0 Å². The molecule has 0 amide bonds. The molecule has 1 spiro atoms. The summed E-state index contributed by atoms with van der Waals surface area (Å²) in [6.07, 6.45) is 5.87. The summed E-state index contributed by atoms with van der Waals surface area (Å²) < 4.78 is 0. The molecule has 4 nitrogen and oxygen atoms in total. The lowest BCUT2D eigenvalue weighted by atomic mass is 9.50. The van der Waals surface area contributed by atoms with Crippen LogP contribution in [0.2, 0.25) is 0 Å². The van der Waals surface area contributed by atoms with Gasteiger partial charge in [-0.05, 0) is 62.9 Å². The van der Waals surface area contributed by atoms with Crippen LogP contribution in [0.15, 0.2) is 11.1 Å². The zero-order valence-electron chi connectivity index (χ0n) is 13.8. The highest BCUT2D eigenvalue weighted by Crippen LogP contribution is 2.74. The predicted molar refractivity (Wildman–Crippen MR) is 84.4 cm³/mol. The maximum atomic E-state index is 11.8. The van der Waals surface area contributed by atoms with E-state index in [0.717, 1.165) is 37.7 Å². The lowest BCUT2D eigenvalue weighted by molar-refractivity contribution is -0.134. The maximum Gasteiger partial charge on any atom is 0.332 e. The number of aliphatic carboxylic acids is 1. The van der Waals surface area contributed by atoms with Gasteiger partial charge in [0.2, 0.25) is 0 Å². The molecule has 0 heterocycles. The second-order valence-corrected chi connectivity index (χ2v) is 7.77. The Kier molecular flexibility index (Phi) is 3.71. The van der Waals surface area contributed by atoms with Crippen molar-refractivity contribution in [2.24, 2.45) is 28.6 Å². The van der Waals surface area contributed by atoms with Gasteiger partial charge in [-0.1, -0.05) is 19.4 Å². The van der Waals surface area contributed by atoms with Gasteiger partial charge in [-0.3, -0.25) is 0 Å². The Bertz CT molecular complexity index is 540. The van der Waals surface area contributed by atoms with E-state index in [1.165, 1.54) is 6.42 Å². The van der Waals surface area contributed by atoms with Crippen molar-refractivity contribution < 1.29 is 14.7 Å². The number of rotatable bonds is 5. The molecule has 3 rings (SSSR count). The molecule has 5 unspecified atom stereocenters. The number of fused-ring (bicyclic) bond motifs is 1. The number of nitrogens with one attached hydrogen (secondary N) is 1. The summed E-state index contributed by atoms with van der Waals surface area (Å²) in [5, 5.41) is 12.9. The molecule has 3 aliphatic carbocycles. The standard InChI is InChI=1S/C18H27NO3/c1-11-4-5-13-8-14-15(16(21)22)12(10-20)9-18(11,14)17(13,2)6-7-19-3/h10-13,19H,4-9H2,1-3H3,(H,21,22). The Morgan fingerprint density at radius 1 is 1.45 bits per heavy atom. The molecule has 0 aliphatic heterocycles. The highest BCUT2D eigenvalue weighted by molar-refractivity contribution is 5.94. The molecule has 2 bridgehead atoms. The number of carboxylic acids is 1. The van der Waals surface area contributed by atoms with Gasteiger partial charge in [-0.2, -0.15) is 0 Å². The summed E-state index contributed by atoms with van der Waals surface area (Å²) in [4.78, 5) is 23.3. The van der Waals surface area contributed by atoms with Gasteiger partial charge in [0.15, 0.2) is 0 Å². The minimum absolute atomic E-state index is 0.0773. The van der Waals surface area contributed by atoms with Crippen LogP contribution in [-0.2, 0) is 9.59 Å². The first-order valence-corrected chi connectivity index (χ1v) is 8.49. The van der Waals surface area contributed by atoms with E-state index in [0.29, 0.717) is 23.8 Å². The molecule has 0 radical (unpaired) electrons. The van der Waals surface area contributed by atoms with Gasteiger partial charge in [0.1, 0.15) is 6.29 Å². The van der Waals surface area contributed by atoms with Crippen LogP contribution in [0.25, 0.3) is 0 Å². The van der Waals surface area contributed by atoms with Crippen molar-refractivity contribution in [3.05, 3.63) is 11.1 Å². The Balaban J connectivity index is 2.15. The number of allylic oxidation sites excluding steroid dienone is 1. The maximum absolute atomic E-state index is 11.8. The lowest BCUT2D eigenvalue weighted by Crippen LogP contribution is -2.48. The number of carboxylic acid groups (broad SMARTS) is 1. The first-order chi connectivity index (χ1) is 10.4. The molecular formula is C18H27NO3. The van der Waals surface area contributed by atoms with E-state index in [9.17, 15) is 14.7 Å². The van der Waals surface area contributed by atoms with Crippen LogP contribution in [-0.4, -0.2) is 31.0 Å². The largest absolute Gasteiger partial charge is 0.478 e. The smallest absolute Gasteiger partial charge is 0.332 e. The summed E-state index contributed by atoms with van der Waals surface area (Å²) in [6, 6.07) is 0. The molecule has 122 valence electrons. The molecule has 0 aromatic heterocycles. The molecule has 4 heteroatoms. The summed E-state index contributed by atoms with van der Waals surface area (Å²) >= 11 is 0. The summed E-state index contributed by atoms with van der Waals surface area (Å²) in [6.45, 7) is 5.57. The van der Waals surface area contributed by atoms with Crippen molar-refractivity contribution in [1.29, 1.82) is 0 Å². The lowest BCUT2D eigenvalue weighted by Gasteiger charge is -2.53. The summed E-state index contributed by atoms with van der Waals surface area (Å²) in [5.74, 6) is -0.265. The van der Waals surface area contributed by atoms with E-state index in [-0.39, 0.29) is 10.8 Å². The van der Waals surface area contributed by atoms with Crippen LogP contribution < -0.4 is 5.32 Å². The second kappa shape index (κ2) is 5.19. The van der Waals surface area contributed by atoms with Gasteiger partial charge in [-0.25, -0.2) is 4.79 Å². The van der Waals surface area contributed by atoms with Gasteiger partial charge in [0.25, 0.3) is 0 Å². The highest BCUT2D eigenvalue weighted by atomic mass is 16.4. The number of hydrogen-bond donors (Lipinski definition) is 2. The zero-order valence-corrected chi connectivity index (χ0v) is 13.8. The summed E-state index contributed by atoms with van der Waals surface area (Å²) in [5.41, 5.74) is 1.58. The highest BCUT2D eigenvalue weighted by Gasteiger charge is 2.67. The summed E-state index contributed by atoms with van der Waals surface area (Å²) in [7, 11) is 1.97. The van der Waals surface area contributed by atoms with Crippen LogP contribution in [0.5, 0.6) is 0 Å². The molecule has 3 aliphatic rings. The quantitative estimate of drug-likeness (QED) is 0.766. The third-order valence-electron chi connectivity index (χ3n) is 7.23. The minimum atomic E-state index is -0.875. The van der Waals surface area contributed by atoms with E-state index in [1.807, 2.05) is 7.05 Å². The molecule has 2 fully saturated rings. The molecule has 2 saturated carbocycles. The third-order valence-corrected chi connectivity index (χ3v) is 7.23. The van der Waals surface area contributed by atoms with Crippen molar-refractivity contribution in [1.82, 2.24) is 5.32 Å². The van der Waals surface area contributed by atoms with Gasteiger partial charge >= 0.3 is 5.97 Å². The Morgan fingerprint density at radius 3 is 2.77 bits per heavy atom. The van der Waals surface area contributed by atoms with Crippen LogP contribution >= 0.6 is 0 Å². The fourth-order valence-electron chi connectivity index (χ4n) is 6.14. The van der Waals surface area contributed by atoms with Crippen molar-refractivity contribution in [3.8, 4) is 0 Å². The number of aldehydes is 1. The average Bonchev–Trinajstić information content (AvgIpc) is 2.88. The topological polar surface area (TPSA) is 66.4 Å². The number of hydrogen-bond acceptors (Lipinski definition) is 3. The van der Waals surface area contributed by atoms with Crippen LogP contribution in [0, 0.1) is 28.6 Å². The van der Waals surface area contributed by atoms with E-state index in [4.69, 9.17) is 0 Å². The van der Waals surface area contributed by atoms with Crippen molar-refractivity contribution >= 4 is 12.3 Å². The normalized spacial score (nSPS) is 43.3. The molecule has 5 atom stereocenters. The van der Waals surface area contributed by atoms with Gasteiger partial charge in [0.05, 0.1) is 0 Å². The van der Waals surface area contributed by atoms with Gasteiger partial charge in [0, 0.05) is 16.9 Å². The number of carbonyl (C=O) groups is 2. The van der Waals surface area contributed by atoms with Crippen molar-refractivity contribution in [2.75, 3.05) is 13.6 Å². The molecular weight excluding hydrogens is 278 g/mol. The minimum Gasteiger partial charge on any atom is -0.478 e. The molecule has 2 N–H and O–H groups in total. The fourth-order valence-corrected chi connectivity index (χ4v) is 6.14. The number of carbonyl (C=O) groups excluding carboxylic acids is 1. The van der Waals surface area contributed by atoms with Gasteiger partial charge in [-0.15, -0.1) is 0 Å². The van der Waals surface area contributed by atoms with Gasteiger partial charge < -0.3 is 15.2 Å². The monoisotopic (exact) mass is 305 g/mol. The van der Waals surface area contributed by atoms with E-state index < -0.39 is 11.9 Å². The predicted octanol–water partition coefficient (Wildman–Crippen LogP) is 2.64. The van der Waals surface area contributed by atoms with Crippen LogP contribution in [0.3, 0.4) is 0 Å². The fraction of sp³-hybridized carbons (Fsp3) is 0.778. The molecule has 0 aromatic rings. The third kappa shape index (κ3) is 1.73. The second-order valence-electron chi connectivity index (χ2n) is 7.77. The first-order valence-electron chi connectivity index (χ1n) is 8.49. The molecule has 0 aromatic carbocycles. The Hall–Kier alpha value is -1.16. The molecule has 22 heavy (non-hydrogen) atoms. The van der Waals surface area contributed by atoms with Crippen molar-refractivity contribution in [2.45, 2.75) is 46.0 Å². The van der Waals surface area contributed by atoms with E-state index >= 15 is 0 Å². The van der Waals surface area contributed by atoms with E-state index in [2.05, 4.69) is 19.2 Å². The first kappa shape index (κ1) is 15.7. The average molecular weight is 305 g/mol. The van der Waals surface area contributed by atoms with E-state index in [1.54, 1.807) is 0 Å². The molecule has 0 saturated heterocycles.